The molecule has 1 aliphatic carbocycles. The molecule has 3 heteroatoms. The minimum absolute atomic E-state index is 0.306. The van der Waals surface area contributed by atoms with Gasteiger partial charge in [-0.25, -0.2) is 4.79 Å². The van der Waals surface area contributed by atoms with E-state index in [-0.39, 0.29) is 5.63 Å². The SMILES string of the molecule is Cc1cc(=O)oc2cc(OCC3CCCCC3)ccc12. The Kier molecular flexibility index (Phi) is 3.77. The fourth-order valence-electron chi connectivity index (χ4n) is 2.96. The average Bonchev–Trinajstić information content (AvgIpc) is 2.45. The average molecular weight is 272 g/mol. The summed E-state index contributed by atoms with van der Waals surface area (Å²) in [5.74, 6) is 1.46. The van der Waals surface area contributed by atoms with Crippen LogP contribution in [0.2, 0.25) is 0 Å². The van der Waals surface area contributed by atoms with Crippen LogP contribution < -0.4 is 10.4 Å². The molecule has 1 aromatic heterocycles. The highest BCUT2D eigenvalue weighted by molar-refractivity contribution is 5.81. The first-order chi connectivity index (χ1) is 9.72. The van der Waals surface area contributed by atoms with Gasteiger partial charge in [0.15, 0.2) is 0 Å². The van der Waals surface area contributed by atoms with Gasteiger partial charge in [0.2, 0.25) is 0 Å². The van der Waals surface area contributed by atoms with E-state index in [4.69, 9.17) is 9.15 Å². The summed E-state index contributed by atoms with van der Waals surface area (Å²) in [6.07, 6.45) is 6.53. The predicted octanol–water partition coefficient (Wildman–Crippen LogP) is 4.06. The number of ether oxygens (including phenoxy) is 1. The highest BCUT2D eigenvalue weighted by Gasteiger charge is 2.14. The molecule has 3 rings (SSSR count). The molecule has 0 amide bonds. The molecule has 0 saturated heterocycles. The van der Waals surface area contributed by atoms with E-state index in [1.54, 1.807) is 0 Å². The largest absolute Gasteiger partial charge is 0.493 e. The van der Waals surface area contributed by atoms with Gasteiger partial charge in [0.1, 0.15) is 11.3 Å². The number of rotatable bonds is 3. The summed E-state index contributed by atoms with van der Waals surface area (Å²) < 4.78 is 11.1. The molecule has 1 heterocycles. The summed E-state index contributed by atoms with van der Waals surface area (Å²) in [4.78, 5) is 11.4. The minimum atomic E-state index is -0.306. The molecule has 3 nitrogen and oxygen atoms in total. The predicted molar refractivity (Wildman–Crippen MR) is 79.3 cm³/mol. The standard InChI is InChI=1S/C17H20O3/c1-12-9-17(18)20-16-10-14(7-8-15(12)16)19-11-13-5-3-2-4-6-13/h7-10,13H,2-6,11H2,1H3. The molecule has 20 heavy (non-hydrogen) atoms. The Morgan fingerprint density at radius 3 is 2.80 bits per heavy atom. The van der Waals surface area contributed by atoms with Crippen molar-refractivity contribution in [2.45, 2.75) is 39.0 Å². The second-order valence-corrected chi connectivity index (χ2v) is 5.72. The molecular formula is C17H20O3. The Hall–Kier alpha value is -1.77. The molecule has 1 fully saturated rings. The summed E-state index contributed by atoms with van der Waals surface area (Å²) in [6, 6.07) is 7.26. The molecule has 1 aromatic carbocycles. The molecule has 0 unspecified atom stereocenters. The van der Waals surface area contributed by atoms with E-state index >= 15 is 0 Å². The van der Waals surface area contributed by atoms with Crippen LogP contribution in [0, 0.1) is 12.8 Å². The quantitative estimate of drug-likeness (QED) is 0.791. The summed E-state index contributed by atoms with van der Waals surface area (Å²) in [6.45, 7) is 2.68. The van der Waals surface area contributed by atoms with Crippen molar-refractivity contribution < 1.29 is 9.15 Å². The van der Waals surface area contributed by atoms with Crippen LogP contribution >= 0.6 is 0 Å². The molecule has 0 spiro atoms. The van der Waals surface area contributed by atoms with Gasteiger partial charge in [-0.15, -0.1) is 0 Å². The van der Waals surface area contributed by atoms with E-state index < -0.39 is 0 Å². The van der Waals surface area contributed by atoms with Crippen molar-refractivity contribution in [3.63, 3.8) is 0 Å². The number of hydrogen-bond acceptors (Lipinski definition) is 3. The lowest BCUT2D eigenvalue weighted by atomic mass is 9.90. The number of aryl methyl sites for hydroxylation is 1. The van der Waals surface area contributed by atoms with Gasteiger partial charge in [0.25, 0.3) is 0 Å². The molecule has 0 radical (unpaired) electrons. The number of fused-ring (bicyclic) bond motifs is 1. The van der Waals surface area contributed by atoms with E-state index in [1.165, 1.54) is 38.2 Å². The van der Waals surface area contributed by atoms with E-state index in [9.17, 15) is 4.79 Å². The first-order valence-electron chi connectivity index (χ1n) is 7.40. The fourth-order valence-corrected chi connectivity index (χ4v) is 2.96. The third kappa shape index (κ3) is 2.87. The van der Waals surface area contributed by atoms with Gasteiger partial charge in [-0.2, -0.15) is 0 Å². The van der Waals surface area contributed by atoms with Crippen LogP contribution in [0.4, 0.5) is 0 Å². The maximum absolute atomic E-state index is 11.4. The Morgan fingerprint density at radius 1 is 1.20 bits per heavy atom. The van der Waals surface area contributed by atoms with E-state index in [0.717, 1.165) is 23.3 Å². The monoisotopic (exact) mass is 272 g/mol. The smallest absolute Gasteiger partial charge is 0.336 e. The Bertz CT molecular complexity index is 651. The molecule has 0 N–H and O–H groups in total. The second-order valence-electron chi connectivity index (χ2n) is 5.72. The first kappa shape index (κ1) is 13.2. The molecule has 2 aromatic rings. The van der Waals surface area contributed by atoms with Crippen molar-refractivity contribution in [2.75, 3.05) is 6.61 Å². The third-order valence-corrected chi connectivity index (χ3v) is 4.13. The van der Waals surface area contributed by atoms with Crippen molar-refractivity contribution >= 4 is 11.0 Å². The number of hydrogen-bond donors (Lipinski definition) is 0. The number of benzene rings is 1. The van der Waals surface area contributed by atoms with Crippen molar-refractivity contribution in [3.8, 4) is 5.75 Å². The van der Waals surface area contributed by atoms with Crippen molar-refractivity contribution in [1.29, 1.82) is 0 Å². The maximum atomic E-state index is 11.4. The third-order valence-electron chi connectivity index (χ3n) is 4.13. The molecular weight excluding hydrogens is 252 g/mol. The van der Waals surface area contributed by atoms with Gasteiger partial charge in [-0.1, -0.05) is 19.3 Å². The lowest BCUT2D eigenvalue weighted by Crippen LogP contribution is -2.15. The van der Waals surface area contributed by atoms with Crippen LogP contribution in [0.5, 0.6) is 5.75 Å². The van der Waals surface area contributed by atoms with Crippen molar-refractivity contribution in [3.05, 3.63) is 40.2 Å². The van der Waals surface area contributed by atoms with Crippen LogP contribution in [0.15, 0.2) is 33.5 Å². The second kappa shape index (κ2) is 5.70. The highest BCUT2D eigenvalue weighted by Crippen LogP contribution is 2.26. The van der Waals surface area contributed by atoms with Gasteiger partial charge in [0.05, 0.1) is 6.61 Å². The Morgan fingerprint density at radius 2 is 2.00 bits per heavy atom. The van der Waals surface area contributed by atoms with Gasteiger partial charge >= 0.3 is 5.63 Å². The van der Waals surface area contributed by atoms with Gasteiger partial charge < -0.3 is 9.15 Å². The molecule has 0 atom stereocenters. The Balaban J connectivity index is 1.76. The molecule has 0 aliphatic heterocycles. The van der Waals surface area contributed by atoms with Crippen LogP contribution in [-0.2, 0) is 0 Å². The Labute approximate surface area is 118 Å². The van der Waals surface area contributed by atoms with Crippen molar-refractivity contribution in [1.82, 2.24) is 0 Å². The van der Waals surface area contributed by atoms with Crippen LogP contribution in [0.3, 0.4) is 0 Å². The summed E-state index contributed by atoms with van der Waals surface area (Å²) in [7, 11) is 0. The zero-order chi connectivity index (χ0) is 13.9. The van der Waals surface area contributed by atoms with E-state index in [1.807, 2.05) is 25.1 Å². The zero-order valence-corrected chi connectivity index (χ0v) is 11.9. The van der Waals surface area contributed by atoms with Crippen LogP contribution in [-0.4, -0.2) is 6.61 Å². The summed E-state index contributed by atoms with van der Waals surface area (Å²) >= 11 is 0. The lowest BCUT2D eigenvalue weighted by molar-refractivity contribution is 0.209. The lowest BCUT2D eigenvalue weighted by Gasteiger charge is -2.21. The highest BCUT2D eigenvalue weighted by atomic mass is 16.5. The molecule has 1 aliphatic rings. The van der Waals surface area contributed by atoms with E-state index in [0.29, 0.717) is 11.5 Å². The molecule has 0 bridgehead atoms. The first-order valence-corrected chi connectivity index (χ1v) is 7.40. The van der Waals surface area contributed by atoms with Crippen LogP contribution in [0.25, 0.3) is 11.0 Å². The van der Waals surface area contributed by atoms with Gasteiger partial charge in [0, 0.05) is 17.5 Å². The molecule has 1 saturated carbocycles. The minimum Gasteiger partial charge on any atom is -0.493 e. The van der Waals surface area contributed by atoms with E-state index in [2.05, 4.69) is 0 Å². The normalized spacial score (nSPS) is 16.4. The van der Waals surface area contributed by atoms with Gasteiger partial charge in [-0.3, -0.25) is 0 Å². The maximum Gasteiger partial charge on any atom is 0.336 e. The summed E-state index contributed by atoms with van der Waals surface area (Å²) in [5.41, 5.74) is 1.24. The summed E-state index contributed by atoms with van der Waals surface area (Å²) in [5, 5.41) is 0.967. The fraction of sp³-hybridized carbons (Fsp3) is 0.471. The van der Waals surface area contributed by atoms with Gasteiger partial charge in [-0.05, 0) is 43.4 Å². The zero-order valence-electron chi connectivity index (χ0n) is 11.9. The van der Waals surface area contributed by atoms with Crippen molar-refractivity contribution in [2.24, 2.45) is 5.92 Å². The van der Waals surface area contributed by atoms with Crippen LogP contribution in [0.1, 0.15) is 37.7 Å². The molecule has 106 valence electrons. The topological polar surface area (TPSA) is 39.4 Å².